The van der Waals surface area contributed by atoms with Crippen LogP contribution in [0.4, 0.5) is 8.78 Å². The van der Waals surface area contributed by atoms with Crippen LogP contribution >= 0.6 is 0 Å². The molecule has 2 aliphatic rings. The quantitative estimate of drug-likeness (QED) is 0.626. The van der Waals surface area contributed by atoms with E-state index in [1.165, 1.54) is 12.1 Å². The fourth-order valence-corrected chi connectivity index (χ4v) is 4.63. The maximum absolute atomic E-state index is 14.7. The summed E-state index contributed by atoms with van der Waals surface area (Å²) in [5, 5.41) is 11.8. The fourth-order valence-electron chi connectivity index (χ4n) is 4.63. The lowest BCUT2D eigenvalue weighted by molar-refractivity contribution is -0.128. The van der Waals surface area contributed by atoms with Gasteiger partial charge >= 0.3 is 0 Å². The Bertz CT molecular complexity index is 1380. The molecule has 164 valence electrons. The molecule has 1 amide bonds. The van der Waals surface area contributed by atoms with Gasteiger partial charge in [-0.3, -0.25) is 10.1 Å². The Kier molecular flexibility index (Phi) is 4.64. The number of hydrogen-bond acceptors (Lipinski definition) is 5. The zero-order valence-corrected chi connectivity index (χ0v) is 17.5. The number of aliphatic imine (C=N–C) groups is 1. The number of rotatable bonds is 2. The summed E-state index contributed by atoms with van der Waals surface area (Å²) < 4.78 is 34.8. The summed E-state index contributed by atoms with van der Waals surface area (Å²) in [6.45, 7) is 1.70. The molecule has 33 heavy (non-hydrogen) atoms. The number of nitriles is 1. The molecule has 2 aliphatic heterocycles. The van der Waals surface area contributed by atoms with E-state index in [4.69, 9.17) is 10.5 Å². The third-order valence-electron chi connectivity index (χ3n) is 6.25. The number of nitrogens with two attached hydrogens (primary N) is 1. The number of nitrogens with zero attached hydrogens (tertiary/aromatic N) is 2. The summed E-state index contributed by atoms with van der Waals surface area (Å²) >= 11 is 0. The molecule has 0 radical (unpaired) electrons. The second-order valence-corrected chi connectivity index (χ2v) is 8.09. The number of halogens is 2. The van der Waals surface area contributed by atoms with Crippen molar-refractivity contribution >= 4 is 11.9 Å². The van der Waals surface area contributed by atoms with Gasteiger partial charge in [-0.2, -0.15) is 5.26 Å². The molecule has 5 rings (SSSR count). The van der Waals surface area contributed by atoms with E-state index in [1.54, 1.807) is 43.3 Å². The van der Waals surface area contributed by atoms with Crippen LogP contribution in [0, 0.1) is 28.9 Å². The lowest BCUT2D eigenvalue weighted by atomic mass is 9.72. The molecule has 2 heterocycles. The van der Waals surface area contributed by atoms with E-state index in [9.17, 15) is 18.8 Å². The lowest BCUT2D eigenvalue weighted by Gasteiger charge is -2.42. The fraction of sp³-hybridized carbons (Fsp3) is 0.160. The van der Waals surface area contributed by atoms with Crippen molar-refractivity contribution < 1.29 is 18.3 Å². The number of guanidine groups is 1. The van der Waals surface area contributed by atoms with Crippen molar-refractivity contribution in [2.45, 2.75) is 18.6 Å². The van der Waals surface area contributed by atoms with Gasteiger partial charge in [0.25, 0.3) is 5.91 Å². The van der Waals surface area contributed by atoms with E-state index >= 15 is 0 Å². The van der Waals surface area contributed by atoms with Crippen LogP contribution in [0.2, 0.25) is 0 Å². The van der Waals surface area contributed by atoms with Crippen molar-refractivity contribution in [2.75, 3.05) is 0 Å². The van der Waals surface area contributed by atoms with Gasteiger partial charge < -0.3 is 10.5 Å². The summed E-state index contributed by atoms with van der Waals surface area (Å²) in [7, 11) is 0. The van der Waals surface area contributed by atoms with E-state index in [0.29, 0.717) is 16.9 Å². The van der Waals surface area contributed by atoms with Crippen LogP contribution in [0.1, 0.15) is 29.7 Å². The average molecular weight is 444 g/mol. The third kappa shape index (κ3) is 3.04. The number of carbonyl (C=O) groups excluding carboxylic acids is 1. The summed E-state index contributed by atoms with van der Waals surface area (Å²) in [4.78, 5) is 17.7. The summed E-state index contributed by atoms with van der Waals surface area (Å²) in [5.74, 6) is -2.97. The predicted octanol–water partition coefficient (Wildman–Crippen LogP) is 3.91. The van der Waals surface area contributed by atoms with Crippen LogP contribution in [0.5, 0.6) is 5.75 Å². The number of ether oxygens (including phenoxy) is 1. The number of amides is 1. The van der Waals surface area contributed by atoms with Gasteiger partial charge in [0.15, 0.2) is 23.1 Å². The number of benzene rings is 3. The summed E-state index contributed by atoms with van der Waals surface area (Å²) in [5.41, 5.74) is 6.84. The van der Waals surface area contributed by atoms with E-state index in [-0.39, 0.29) is 11.5 Å². The topological polar surface area (TPSA) is 100 Å². The first-order valence-corrected chi connectivity index (χ1v) is 10.3. The molecule has 0 saturated carbocycles. The van der Waals surface area contributed by atoms with E-state index in [1.807, 2.05) is 6.07 Å². The van der Waals surface area contributed by atoms with Crippen molar-refractivity contribution in [2.24, 2.45) is 16.6 Å². The molecule has 0 fully saturated rings. The number of hydrogen-bond donors (Lipinski definition) is 2. The molecule has 8 heteroatoms. The van der Waals surface area contributed by atoms with Crippen LogP contribution in [0.15, 0.2) is 65.7 Å². The van der Waals surface area contributed by atoms with E-state index in [0.717, 1.165) is 17.2 Å². The largest absolute Gasteiger partial charge is 0.485 e. The summed E-state index contributed by atoms with van der Waals surface area (Å²) in [6.07, 6.45) is -0.985. The second kappa shape index (κ2) is 7.41. The maximum Gasteiger partial charge on any atom is 0.259 e. The molecule has 0 aromatic heterocycles. The van der Waals surface area contributed by atoms with Crippen LogP contribution in [0.25, 0.3) is 11.1 Å². The second-order valence-electron chi connectivity index (χ2n) is 8.09. The van der Waals surface area contributed by atoms with Crippen LogP contribution < -0.4 is 15.8 Å². The van der Waals surface area contributed by atoms with Gasteiger partial charge in [0, 0.05) is 17.0 Å². The van der Waals surface area contributed by atoms with E-state index in [2.05, 4.69) is 16.4 Å². The van der Waals surface area contributed by atoms with Gasteiger partial charge in [0.2, 0.25) is 0 Å². The monoisotopic (exact) mass is 444 g/mol. The first-order chi connectivity index (χ1) is 15.8. The molecule has 3 atom stereocenters. The van der Waals surface area contributed by atoms with E-state index < -0.39 is 35.1 Å². The minimum Gasteiger partial charge on any atom is -0.485 e. The Morgan fingerprint density at radius 2 is 1.88 bits per heavy atom. The van der Waals surface area contributed by atoms with Gasteiger partial charge in [0.1, 0.15) is 11.9 Å². The zero-order valence-electron chi connectivity index (χ0n) is 17.5. The van der Waals surface area contributed by atoms with Crippen LogP contribution in [-0.4, -0.2) is 11.9 Å². The SMILES string of the molecule is CC1[C@H](c2cccc(F)c2F)Oc2ccc(-c3cccc(C#N)c3)cc2C12N=C(N)NC2=O. The molecule has 1 spiro atoms. The minimum atomic E-state index is -1.50. The van der Waals surface area contributed by atoms with Crippen molar-refractivity contribution in [3.63, 3.8) is 0 Å². The Balaban J connectivity index is 1.71. The highest BCUT2D eigenvalue weighted by molar-refractivity contribution is 6.08. The molecule has 3 aromatic rings. The van der Waals surface area contributed by atoms with Crippen LogP contribution in [-0.2, 0) is 10.3 Å². The highest BCUT2D eigenvalue weighted by atomic mass is 19.2. The van der Waals surface area contributed by atoms with Crippen molar-refractivity contribution in [3.8, 4) is 22.9 Å². The molecule has 3 N–H and O–H groups in total. The summed E-state index contributed by atoms with van der Waals surface area (Å²) in [6, 6.07) is 18.2. The van der Waals surface area contributed by atoms with Gasteiger partial charge in [0.05, 0.1) is 11.6 Å². The standard InChI is InChI=1S/C25H18F2N4O2/c1-13-22(17-6-3-7-19(26)21(17)27)33-20-9-8-16(15-5-2-4-14(10-15)12-28)11-18(20)25(13)23(32)30-24(29)31-25/h2-11,13,22H,1H3,(H3,29,30,31,32)/t13?,22-,25?/m1/s1. The molecule has 6 nitrogen and oxygen atoms in total. The normalized spacial score (nSPS) is 23.3. The average Bonchev–Trinajstić information content (AvgIpc) is 3.12. The molecule has 0 bridgehead atoms. The maximum atomic E-state index is 14.7. The first kappa shape index (κ1) is 20.6. The molecule has 2 unspecified atom stereocenters. The predicted molar refractivity (Wildman–Crippen MR) is 117 cm³/mol. The Hall–Kier alpha value is -4.25. The molecular formula is C25H18F2N4O2. The first-order valence-electron chi connectivity index (χ1n) is 10.3. The van der Waals surface area contributed by atoms with Gasteiger partial charge in [-0.15, -0.1) is 0 Å². The Morgan fingerprint density at radius 1 is 1.12 bits per heavy atom. The zero-order chi connectivity index (χ0) is 23.3. The van der Waals surface area contributed by atoms with Crippen molar-refractivity contribution in [1.29, 1.82) is 5.26 Å². The van der Waals surface area contributed by atoms with Crippen LogP contribution in [0.3, 0.4) is 0 Å². The van der Waals surface area contributed by atoms with Crippen molar-refractivity contribution in [1.82, 2.24) is 5.32 Å². The highest BCUT2D eigenvalue weighted by Crippen LogP contribution is 2.53. The molecule has 3 aromatic carbocycles. The highest BCUT2D eigenvalue weighted by Gasteiger charge is 2.57. The number of carbonyl (C=O) groups is 1. The molecule has 0 aliphatic carbocycles. The van der Waals surface area contributed by atoms with Gasteiger partial charge in [-0.25, -0.2) is 13.8 Å². The Labute approximate surface area is 188 Å². The number of nitrogens with one attached hydrogen (secondary N) is 1. The Morgan fingerprint density at radius 3 is 2.61 bits per heavy atom. The number of fused-ring (bicyclic) bond motifs is 2. The molecular weight excluding hydrogens is 426 g/mol. The molecule has 0 saturated heterocycles. The third-order valence-corrected chi connectivity index (χ3v) is 6.25. The minimum absolute atomic E-state index is 0.00760. The van der Waals surface area contributed by atoms with Crippen molar-refractivity contribution in [3.05, 3.63) is 89.0 Å². The smallest absolute Gasteiger partial charge is 0.259 e. The lowest BCUT2D eigenvalue weighted by Crippen LogP contribution is -2.48. The van der Waals surface area contributed by atoms with Gasteiger partial charge in [-0.1, -0.05) is 37.3 Å². The van der Waals surface area contributed by atoms with Gasteiger partial charge in [-0.05, 0) is 41.5 Å².